The van der Waals surface area contributed by atoms with Gasteiger partial charge in [0.2, 0.25) is 0 Å². The first-order chi connectivity index (χ1) is 8.38. The minimum Gasteiger partial charge on any atom is -0.303 e. The van der Waals surface area contributed by atoms with Gasteiger partial charge in [0.25, 0.3) is 0 Å². The Kier molecular flexibility index (Phi) is 4.75. The molecule has 0 saturated carbocycles. The molecule has 2 rings (SSSR count). The summed E-state index contributed by atoms with van der Waals surface area (Å²) < 4.78 is 0. The Morgan fingerprint density at radius 3 is 2.88 bits per heavy atom. The van der Waals surface area contributed by atoms with Crippen molar-refractivity contribution in [2.75, 3.05) is 19.6 Å². The first-order valence-electron chi connectivity index (χ1n) is 6.60. The lowest BCUT2D eigenvalue weighted by atomic mass is 9.99. The number of nitrogens with zero attached hydrogens (tertiary/aromatic N) is 1. The van der Waals surface area contributed by atoms with Crippen LogP contribution in [0.15, 0.2) is 30.3 Å². The fraction of sp³-hybridized carbons (Fsp3) is 0.533. The first kappa shape index (κ1) is 12.3. The Labute approximate surface area is 104 Å². The molecule has 17 heavy (non-hydrogen) atoms. The van der Waals surface area contributed by atoms with Crippen molar-refractivity contribution in [2.24, 2.45) is 5.92 Å². The number of hydrogen-bond donors (Lipinski definition) is 0. The van der Waals surface area contributed by atoms with E-state index in [-0.39, 0.29) is 5.92 Å². The Hall–Kier alpha value is -1.15. The number of hydrogen-bond acceptors (Lipinski definition) is 2. The standard InChI is InChI=1S/C15H21NO/c17-13-15-9-5-11-16(12-15)10-4-8-14-6-2-1-3-7-14/h1-3,6-7,13,15H,4-5,8-12H2. The van der Waals surface area contributed by atoms with Gasteiger partial charge in [-0.1, -0.05) is 30.3 Å². The molecular weight excluding hydrogens is 210 g/mol. The molecule has 1 unspecified atom stereocenters. The summed E-state index contributed by atoms with van der Waals surface area (Å²) in [7, 11) is 0. The zero-order valence-electron chi connectivity index (χ0n) is 10.3. The molecule has 0 aliphatic carbocycles. The zero-order chi connectivity index (χ0) is 11.9. The van der Waals surface area contributed by atoms with Gasteiger partial charge in [0.1, 0.15) is 6.29 Å². The third kappa shape index (κ3) is 3.97. The van der Waals surface area contributed by atoms with Crippen LogP contribution in [0.5, 0.6) is 0 Å². The molecule has 0 radical (unpaired) electrons. The number of piperidine rings is 1. The van der Waals surface area contributed by atoms with E-state index in [4.69, 9.17) is 0 Å². The smallest absolute Gasteiger partial charge is 0.124 e. The Bertz CT molecular complexity index is 336. The van der Waals surface area contributed by atoms with Gasteiger partial charge < -0.3 is 9.69 Å². The summed E-state index contributed by atoms with van der Waals surface area (Å²) in [4.78, 5) is 13.2. The summed E-state index contributed by atoms with van der Waals surface area (Å²) in [6, 6.07) is 10.6. The molecule has 0 spiro atoms. The molecule has 0 aromatic heterocycles. The molecule has 2 nitrogen and oxygen atoms in total. The Morgan fingerprint density at radius 2 is 2.12 bits per heavy atom. The van der Waals surface area contributed by atoms with Crippen molar-refractivity contribution in [1.29, 1.82) is 0 Å². The summed E-state index contributed by atoms with van der Waals surface area (Å²) in [5.41, 5.74) is 1.41. The highest BCUT2D eigenvalue weighted by Gasteiger charge is 2.18. The third-order valence-electron chi connectivity index (χ3n) is 3.52. The van der Waals surface area contributed by atoms with Crippen LogP contribution in [-0.2, 0) is 11.2 Å². The van der Waals surface area contributed by atoms with Crippen molar-refractivity contribution in [3.05, 3.63) is 35.9 Å². The average molecular weight is 231 g/mol. The summed E-state index contributed by atoms with van der Waals surface area (Å²) in [6.45, 7) is 3.26. The number of carbonyl (C=O) groups is 1. The topological polar surface area (TPSA) is 20.3 Å². The molecule has 1 atom stereocenters. The highest BCUT2D eigenvalue weighted by Crippen LogP contribution is 2.15. The quantitative estimate of drug-likeness (QED) is 0.726. The molecule has 92 valence electrons. The molecule has 1 saturated heterocycles. The zero-order valence-corrected chi connectivity index (χ0v) is 10.3. The van der Waals surface area contributed by atoms with Crippen LogP contribution in [0.25, 0.3) is 0 Å². The van der Waals surface area contributed by atoms with Crippen molar-refractivity contribution in [3.8, 4) is 0 Å². The van der Waals surface area contributed by atoms with Crippen molar-refractivity contribution in [3.63, 3.8) is 0 Å². The van der Waals surface area contributed by atoms with Gasteiger partial charge in [-0.25, -0.2) is 0 Å². The van der Waals surface area contributed by atoms with Crippen molar-refractivity contribution >= 4 is 6.29 Å². The van der Waals surface area contributed by atoms with E-state index in [1.54, 1.807) is 0 Å². The molecule has 0 N–H and O–H groups in total. The fourth-order valence-electron chi connectivity index (χ4n) is 2.56. The lowest BCUT2D eigenvalue weighted by Crippen LogP contribution is -2.36. The van der Waals surface area contributed by atoms with Crippen LogP contribution >= 0.6 is 0 Å². The largest absolute Gasteiger partial charge is 0.303 e. The molecule has 0 amide bonds. The van der Waals surface area contributed by atoms with E-state index in [1.165, 1.54) is 24.9 Å². The van der Waals surface area contributed by atoms with E-state index < -0.39 is 0 Å². The summed E-state index contributed by atoms with van der Waals surface area (Å²) in [5, 5.41) is 0. The molecule has 2 heteroatoms. The summed E-state index contributed by atoms with van der Waals surface area (Å²) >= 11 is 0. The van der Waals surface area contributed by atoms with Crippen LogP contribution in [-0.4, -0.2) is 30.8 Å². The maximum Gasteiger partial charge on any atom is 0.124 e. The SMILES string of the molecule is O=CC1CCCN(CCCc2ccccc2)C1. The maximum atomic E-state index is 10.8. The molecule has 1 aromatic rings. The van der Waals surface area contributed by atoms with Crippen LogP contribution in [0.4, 0.5) is 0 Å². The second-order valence-electron chi connectivity index (χ2n) is 4.93. The summed E-state index contributed by atoms with van der Waals surface area (Å²) in [6.07, 6.45) is 5.72. The second-order valence-corrected chi connectivity index (χ2v) is 4.93. The maximum absolute atomic E-state index is 10.8. The molecular formula is C15H21NO. The molecule has 1 aliphatic rings. The second kappa shape index (κ2) is 6.55. The minimum absolute atomic E-state index is 0.278. The number of carbonyl (C=O) groups excluding carboxylic acids is 1. The highest BCUT2D eigenvalue weighted by atomic mass is 16.1. The molecule has 1 fully saturated rings. The van der Waals surface area contributed by atoms with E-state index in [2.05, 4.69) is 35.2 Å². The van der Waals surface area contributed by atoms with Gasteiger partial charge in [0, 0.05) is 12.5 Å². The number of benzene rings is 1. The van der Waals surface area contributed by atoms with Crippen molar-refractivity contribution in [2.45, 2.75) is 25.7 Å². The normalized spacial score (nSPS) is 21.3. The average Bonchev–Trinajstić information content (AvgIpc) is 2.40. The van der Waals surface area contributed by atoms with Gasteiger partial charge in [0.05, 0.1) is 0 Å². The van der Waals surface area contributed by atoms with Gasteiger partial charge in [-0.2, -0.15) is 0 Å². The first-order valence-corrected chi connectivity index (χ1v) is 6.60. The predicted octanol–water partition coefficient (Wildman–Crippen LogP) is 2.53. The highest BCUT2D eigenvalue weighted by molar-refractivity contribution is 5.53. The lowest BCUT2D eigenvalue weighted by molar-refractivity contribution is -0.112. The molecule has 1 heterocycles. The number of rotatable bonds is 5. The van der Waals surface area contributed by atoms with Crippen LogP contribution in [0, 0.1) is 5.92 Å². The van der Waals surface area contributed by atoms with Crippen LogP contribution in [0.2, 0.25) is 0 Å². The van der Waals surface area contributed by atoms with E-state index in [0.29, 0.717) is 0 Å². The van der Waals surface area contributed by atoms with Crippen LogP contribution in [0.3, 0.4) is 0 Å². The van der Waals surface area contributed by atoms with E-state index in [0.717, 1.165) is 32.2 Å². The van der Waals surface area contributed by atoms with Crippen LogP contribution in [0.1, 0.15) is 24.8 Å². The van der Waals surface area contributed by atoms with E-state index in [9.17, 15) is 4.79 Å². The number of aldehydes is 1. The minimum atomic E-state index is 0.278. The molecule has 0 bridgehead atoms. The molecule has 1 aliphatic heterocycles. The van der Waals surface area contributed by atoms with Crippen molar-refractivity contribution in [1.82, 2.24) is 4.90 Å². The predicted molar refractivity (Wildman–Crippen MR) is 70.0 cm³/mol. The third-order valence-corrected chi connectivity index (χ3v) is 3.52. The summed E-state index contributed by atoms with van der Waals surface area (Å²) in [5.74, 6) is 0.278. The fourth-order valence-corrected chi connectivity index (χ4v) is 2.56. The van der Waals surface area contributed by atoms with Gasteiger partial charge >= 0.3 is 0 Å². The van der Waals surface area contributed by atoms with E-state index in [1.807, 2.05) is 0 Å². The lowest BCUT2D eigenvalue weighted by Gasteiger charge is -2.29. The van der Waals surface area contributed by atoms with Gasteiger partial charge in [-0.3, -0.25) is 0 Å². The van der Waals surface area contributed by atoms with Gasteiger partial charge in [0.15, 0.2) is 0 Å². The Morgan fingerprint density at radius 1 is 1.29 bits per heavy atom. The molecule has 1 aromatic carbocycles. The Balaban J connectivity index is 1.70. The van der Waals surface area contributed by atoms with Crippen LogP contribution < -0.4 is 0 Å². The number of aryl methyl sites for hydroxylation is 1. The van der Waals surface area contributed by atoms with E-state index >= 15 is 0 Å². The monoisotopic (exact) mass is 231 g/mol. The van der Waals surface area contributed by atoms with Gasteiger partial charge in [-0.05, 0) is 44.3 Å². The number of likely N-dealkylation sites (tertiary alicyclic amines) is 1. The van der Waals surface area contributed by atoms with Gasteiger partial charge in [-0.15, -0.1) is 0 Å². The van der Waals surface area contributed by atoms with Crippen molar-refractivity contribution < 1.29 is 4.79 Å².